The summed E-state index contributed by atoms with van der Waals surface area (Å²) >= 11 is 1.36. The number of carbonyl (C=O) groups excluding carboxylic acids is 2. The van der Waals surface area contributed by atoms with Gasteiger partial charge in [0.15, 0.2) is 12.6 Å². The third-order valence-electron chi connectivity index (χ3n) is 6.94. The monoisotopic (exact) mass is 653 g/mol. The number of rotatable bonds is 13. The number of anilines is 1. The van der Waals surface area contributed by atoms with E-state index >= 15 is 0 Å². The van der Waals surface area contributed by atoms with Gasteiger partial charge in [0.1, 0.15) is 33.7 Å². The molecule has 1 amide bonds. The van der Waals surface area contributed by atoms with Gasteiger partial charge in [-0.15, -0.1) is 10.1 Å². The molecule has 45 heavy (non-hydrogen) atoms. The number of nitrogens with zero attached hydrogens (tertiary/aromatic N) is 6. The zero-order chi connectivity index (χ0) is 31.8. The van der Waals surface area contributed by atoms with E-state index in [9.17, 15) is 19.7 Å². The second kappa shape index (κ2) is 15.0. The average Bonchev–Trinajstić information content (AvgIpc) is 3.50. The van der Waals surface area contributed by atoms with Crippen LogP contribution < -0.4 is 9.99 Å². The second-order valence-electron chi connectivity index (χ2n) is 10.0. The highest BCUT2D eigenvalue weighted by molar-refractivity contribution is 7.99. The zero-order valence-electron chi connectivity index (χ0n) is 24.7. The molecular formula is C29H32N7O7PS. The number of fused-ring (bicyclic) bond motifs is 1. The van der Waals surface area contributed by atoms with Crippen LogP contribution in [0.2, 0.25) is 0 Å². The van der Waals surface area contributed by atoms with Crippen molar-refractivity contribution in [2.24, 2.45) is 5.10 Å². The summed E-state index contributed by atoms with van der Waals surface area (Å²) in [6.07, 6.45) is 0.277. The fourth-order valence-corrected chi connectivity index (χ4v) is 6.17. The zero-order valence-corrected chi connectivity index (χ0v) is 26.5. The van der Waals surface area contributed by atoms with Gasteiger partial charge in [-0.05, 0) is 37.0 Å². The molecule has 0 fully saturated rings. The van der Waals surface area contributed by atoms with Gasteiger partial charge in [-0.1, -0.05) is 48.5 Å². The summed E-state index contributed by atoms with van der Waals surface area (Å²) < 4.78 is 11.8. The Balaban J connectivity index is 1.17. The highest BCUT2D eigenvalue weighted by Crippen LogP contribution is 2.31. The number of hydrogen-bond acceptors (Lipinski definition) is 13. The largest absolute Gasteiger partial charge is 0.510 e. The normalized spacial score (nSPS) is 14.5. The number of ether oxygens (including phenoxy) is 2. The standard InChI is InChI=1S/C29H32N7O7PS/c1-19-23-11-12-26(37)34(28(23)31-20(2)30-19)17-21-7-9-22(10-8-21)24-5-3-4-6-25(24)27-32-35(44-33-27)18-42-29(38)41-13-15-45-16-14-43-36(39)40/h3-10,44H,11-18H2,1-2H3,(H,32,33). The molecule has 2 aliphatic rings. The molecule has 1 aromatic heterocycles. The van der Waals surface area contributed by atoms with Gasteiger partial charge in [0, 0.05) is 34.7 Å². The quantitative estimate of drug-likeness (QED) is 0.0913. The van der Waals surface area contributed by atoms with Gasteiger partial charge in [-0.25, -0.2) is 19.5 Å². The topological polar surface area (TPSA) is 162 Å². The summed E-state index contributed by atoms with van der Waals surface area (Å²) in [6, 6.07) is 16.0. The lowest BCUT2D eigenvalue weighted by atomic mass is 9.97. The van der Waals surface area contributed by atoms with Gasteiger partial charge in [-0.2, -0.15) is 16.9 Å². The van der Waals surface area contributed by atoms with Crippen molar-refractivity contribution in [2.45, 2.75) is 33.2 Å². The van der Waals surface area contributed by atoms with Crippen LogP contribution in [0.1, 0.15) is 34.6 Å². The molecular weight excluding hydrogens is 621 g/mol. The lowest BCUT2D eigenvalue weighted by Crippen LogP contribution is -2.36. The molecule has 1 unspecified atom stereocenters. The first-order chi connectivity index (χ1) is 21.8. The van der Waals surface area contributed by atoms with Crippen LogP contribution in [0, 0.1) is 24.0 Å². The lowest BCUT2D eigenvalue weighted by Gasteiger charge is -2.29. The summed E-state index contributed by atoms with van der Waals surface area (Å²) in [5, 5.41) is 17.1. The third kappa shape index (κ3) is 8.37. The van der Waals surface area contributed by atoms with E-state index in [1.165, 1.54) is 11.8 Å². The summed E-state index contributed by atoms with van der Waals surface area (Å²) in [5.74, 6) is 2.93. The van der Waals surface area contributed by atoms with Crippen LogP contribution in [-0.2, 0) is 32.1 Å². The first kappa shape index (κ1) is 31.9. The van der Waals surface area contributed by atoms with Crippen LogP contribution in [0.25, 0.3) is 11.1 Å². The van der Waals surface area contributed by atoms with E-state index in [2.05, 4.69) is 25.0 Å². The molecule has 0 saturated heterocycles. The van der Waals surface area contributed by atoms with E-state index in [-0.39, 0.29) is 34.7 Å². The molecule has 0 saturated carbocycles. The molecule has 3 aromatic rings. The number of amides is 1. The molecule has 0 bridgehead atoms. The number of aryl methyl sites for hydroxylation is 2. The van der Waals surface area contributed by atoms with Crippen LogP contribution >= 0.6 is 20.6 Å². The van der Waals surface area contributed by atoms with Gasteiger partial charge < -0.3 is 19.4 Å². The molecule has 0 aliphatic carbocycles. The minimum atomic E-state index is -0.842. The Labute approximate surface area is 265 Å². The Morgan fingerprint density at radius 3 is 2.58 bits per heavy atom. The maximum absolute atomic E-state index is 12.9. The van der Waals surface area contributed by atoms with Crippen LogP contribution in [0.15, 0.2) is 53.6 Å². The molecule has 5 rings (SSSR count). The second-order valence-corrected chi connectivity index (χ2v) is 12.2. The first-order valence-corrected chi connectivity index (χ1v) is 16.2. The highest BCUT2D eigenvalue weighted by Gasteiger charge is 2.28. The van der Waals surface area contributed by atoms with E-state index in [0.717, 1.165) is 33.5 Å². The van der Waals surface area contributed by atoms with Crippen molar-refractivity contribution in [3.8, 4) is 11.1 Å². The van der Waals surface area contributed by atoms with Crippen molar-refractivity contribution in [3.05, 3.63) is 86.9 Å². The number of hydrogen-bond donors (Lipinski definition) is 1. The molecule has 1 N–H and O–H groups in total. The molecule has 16 heteroatoms. The molecule has 3 heterocycles. The van der Waals surface area contributed by atoms with E-state index < -0.39 is 11.2 Å². The van der Waals surface area contributed by atoms with Gasteiger partial charge >= 0.3 is 6.16 Å². The predicted octanol–water partition coefficient (Wildman–Crippen LogP) is 4.37. The number of nitrogens with one attached hydrogen (secondary N) is 1. The Morgan fingerprint density at radius 2 is 1.80 bits per heavy atom. The van der Waals surface area contributed by atoms with Crippen molar-refractivity contribution in [1.29, 1.82) is 0 Å². The Kier molecular flexibility index (Phi) is 10.6. The van der Waals surface area contributed by atoms with Crippen molar-refractivity contribution in [3.63, 3.8) is 0 Å². The molecule has 0 radical (unpaired) electrons. The van der Waals surface area contributed by atoms with E-state index in [4.69, 9.17) is 9.47 Å². The summed E-state index contributed by atoms with van der Waals surface area (Å²) in [5.41, 5.74) is 5.79. The first-order valence-electron chi connectivity index (χ1n) is 14.1. The van der Waals surface area contributed by atoms with Gasteiger partial charge in [-0.3, -0.25) is 9.69 Å². The molecule has 236 valence electrons. The number of carbonyl (C=O) groups is 2. The van der Waals surface area contributed by atoms with Crippen molar-refractivity contribution in [2.75, 3.05) is 36.4 Å². The maximum Gasteiger partial charge on any atom is 0.510 e. The van der Waals surface area contributed by atoms with Gasteiger partial charge in [0.05, 0.1) is 6.54 Å². The van der Waals surface area contributed by atoms with Gasteiger partial charge in [0.25, 0.3) is 5.09 Å². The molecule has 14 nitrogen and oxygen atoms in total. The number of aromatic nitrogens is 2. The van der Waals surface area contributed by atoms with E-state index in [1.54, 1.807) is 9.68 Å². The van der Waals surface area contributed by atoms with Crippen LogP contribution in [0.3, 0.4) is 0 Å². The highest BCUT2D eigenvalue weighted by atomic mass is 32.2. The summed E-state index contributed by atoms with van der Waals surface area (Å²) in [7, 11) is 0.0659. The molecule has 1 atom stereocenters. The van der Waals surface area contributed by atoms with Crippen LogP contribution in [-0.4, -0.2) is 69.2 Å². The molecule has 2 aromatic carbocycles. The molecule has 0 spiro atoms. The van der Waals surface area contributed by atoms with Crippen molar-refractivity contribution >= 4 is 44.4 Å². The van der Waals surface area contributed by atoms with Crippen molar-refractivity contribution < 1.29 is 29.0 Å². The maximum atomic E-state index is 12.9. The van der Waals surface area contributed by atoms with Crippen LogP contribution in [0.4, 0.5) is 10.6 Å². The fourth-order valence-electron chi connectivity index (χ4n) is 4.88. The summed E-state index contributed by atoms with van der Waals surface area (Å²) in [6.45, 7) is 4.23. The van der Waals surface area contributed by atoms with Gasteiger partial charge in [0.2, 0.25) is 5.91 Å². The van der Waals surface area contributed by atoms with Crippen LogP contribution in [0.5, 0.6) is 0 Å². The number of benzene rings is 2. The minimum absolute atomic E-state index is 0.0220. The lowest BCUT2D eigenvalue weighted by molar-refractivity contribution is -0.756. The van der Waals surface area contributed by atoms with E-state index in [0.29, 0.717) is 48.4 Å². The molecule has 2 aliphatic heterocycles. The number of amidine groups is 1. The van der Waals surface area contributed by atoms with E-state index in [1.807, 2.05) is 62.4 Å². The van der Waals surface area contributed by atoms with Crippen molar-refractivity contribution in [1.82, 2.24) is 19.8 Å². The SMILES string of the molecule is Cc1nc(C)c2c(n1)N(Cc1ccc(-c3ccccc3C3=NN(COC(=O)OCCSCCO[N+](=O)[O-])PN3)cc1)C(=O)CC2. The Hall–Kier alpha value is -4.49. The predicted molar refractivity (Wildman–Crippen MR) is 170 cm³/mol. The minimum Gasteiger partial charge on any atom is -0.433 e. The fraction of sp³-hybridized carbons (Fsp3) is 0.345. The Morgan fingerprint density at radius 1 is 1.04 bits per heavy atom. The summed E-state index contributed by atoms with van der Waals surface area (Å²) in [4.78, 5) is 50.0. The third-order valence-corrected chi connectivity index (χ3v) is 8.68. The Bertz CT molecular complexity index is 1590. The average molecular weight is 654 g/mol. The number of hydrazone groups is 1. The number of thioether (sulfide) groups is 1. The smallest absolute Gasteiger partial charge is 0.433 e.